The molecule has 0 saturated heterocycles. The van der Waals surface area contributed by atoms with E-state index in [1.165, 1.54) is 4.90 Å². The summed E-state index contributed by atoms with van der Waals surface area (Å²) >= 11 is 0. The van der Waals surface area contributed by atoms with Gasteiger partial charge in [0.05, 0.1) is 18.6 Å². The molecule has 1 N–H and O–H groups in total. The number of benzene rings is 3. The number of unbranched alkanes of at least 4 members (excludes halogenated alkanes) is 1. The third-order valence-electron chi connectivity index (χ3n) is 6.69. The van der Waals surface area contributed by atoms with Crippen molar-refractivity contribution in [3.8, 4) is 5.75 Å². The van der Waals surface area contributed by atoms with E-state index in [1.807, 2.05) is 75.4 Å². The molecule has 2 amide bonds. The number of nitrogens with zero attached hydrogens (tertiary/aromatic N) is 2. The second-order valence-corrected chi connectivity index (χ2v) is 12.0. The highest BCUT2D eigenvalue weighted by molar-refractivity contribution is 7.92. The number of carbonyl (C=O) groups is 2. The Hall–Kier alpha value is -3.85. The zero-order valence-corrected chi connectivity index (χ0v) is 25.2. The van der Waals surface area contributed by atoms with Gasteiger partial charge in [0, 0.05) is 19.5 Å². The first-order chi connectivity index (χ1) is 19.6. The summed E-state index contributed by atoms with van der Waals surface area (Å²) in [5, 5.41) is 2.99. The molecule has 0 heterocycles. The van der Waals surface area contributed by atoms with E-state index < -0.39 is 28.5 Å². The van der Waals surface area contributed by atoms with Crippen molar-refractivity contribution in [3.63, 3.8) is 0 Å². The van der Waals surface area contributed by atoms with Gasteiger partial charge < -0.3 is 15.0 Å². The molecule has 0 aliphatic heterocycles. The highest BCUT2D eigenvalue weighted by Crippen LogP contribution is 2.23. The van der Waals surface area contributed by atoms with Gasteiger partial charge in [0.15, 0.2) is 0 Å². The van der Waals surface area contributed by atoms with Crippen LogP contribution >= 0.6 is 0 Å². The number of carbonyl (C=O) groups excluding carboxylic acids is 2. The van der Waals surface area contributed by atoms with Crippen LogP contribution in [0, 0.1) is 6.92 Å². The van der Waals surface area contributed by atoms with Gasteiger partial charge in [0.1, 0.15) is 18.3 Å². The molecule has 220 valence electrons. The summed E-state index contributed by atoms with van der Waals surface area (Å²) in [5.41, 5.74) is 3.15. The number of hydrogen-bond acceptors (Lipinski definition) is 5. The van der Waals surface area contributed by atoms with Crippen molar-refractivity contribution in [2.45, 2.75) is 52.6 Å². The minimum Gasteiger partial charge on any atom is -0.494 e. The average Bonchev–Trinajstić information content (AvgIpc) is 2.95. The number of nitrogens with one attached hydrogen (secondary N) is 1. The summed E-state index contributed by atoms with van der Waals surface area (Å²) in [4.78, 5) is 29.2. The minimum atomic E-state index is -3.83. The maximum atomic E-state index is 14.1. The van der Waals surface area contributed by atoms with Crippen molar-refractivity contribution in [1.29, 1.82) is 0 Å². The molecule has 8 nitrogen and oxygen atoms in total. The summed E-state index contributed by atoms with van der Waals surface area (Å²) in [7, 11) is -3.83. The number of hydrogen-bond donors (Lipinski definition) is 1. The number of aryl methyl sites for hydroxylation is 1. The second-order valence-electron chi connectivity index (χ2n) is 10.1. The van der Waals surface area contributed by atoms with Gasteiger partial charge in [0.2, 0.25) is 21.8 Å². The van der Waals surface area contributed by atoms with Crippen LogP contribution in [0.2, 0.25) is 0 Å². The molecule has 0 aliphatic carbocycles. The Kier molecular flexibility index (Phi) is 11.8. The summed E-state index contributed by atoms with van der Waals surface area (Å²) in [6, 6.07) is 23.0. The molecule has 1 atom stereocenters. The lowest BCUT2D eigenvalue weighted by atomic mass is 10.0. The summed E-state index contributed by atoms with van der Waals surface area (Å²) in [6.45, 7) is 6.56. The van der Waals surface area contributed by atoms with Crippen molar-refractivity contribution in [2.75, 3.05) is 30.3 Å². The fraction of sp³-hybridized carbons (Fsp3) is 0.375. The van der Waals surface area contributed by atoms with Gasteiger partial charge in [-0.1, -0.05) is 73.5 Å². The second kappa shape index (κ2) is 15.2. The summed E-state index contributed by atoms with van der Waals surface area (Å²) in [6.07, 6.45) is 3.09. The standard InChI is InChI=1S/C32H41N3O5S/c1-5-7-21-33-32(37)30(22-26-11-9-8-10-12-26)34(23-27-15-13-25(3)14-16-27)31(36)24-35(41(4,38)39)28-17-19-29(20-18-28)40-6-2/h8-20,30H,5-7,21-24H2,1-4H3,(H,33,37). The van der Waals surface area contributed by atoms with Gasteiger partial charge in [-0.2, -0.15) is 0 Å². The van der Waals surface area contributed by atoms with Crippen molar-refractivity contribution >= 4 is 27.5 Å². The van der Waals surface area contributed by atoms with Gasteiger partial charge in [-0.25, -0.2) is 8.42 Å². The minimum absolute atomic E-state index is 0.151. The Morgan fingerprint density at radius 1 is 0.902 bits per heavy atom. The zero-order valence-electron chi connectivity index (χ0n) is 24.4. The van der Waals surface area contributed by atoms with E-state index in [0.717, 1.165) is 40.1 Å². The molecule has 0 aromatic heterocycles. The molecule has 0 radical (unpaired) electrons. The predicted octanol–water partition coefficient (Wildman–Crippen LogP) is 4.72. The topological polar surface area (TPSA) is 96.0 Å². The van der Waals surface area contributed by atoms with E-state index in [1.54, 1.807) is 24.3 Å². The normalized spacial score (nSPS) is 11.9. The van der Waals surface area contributed by atoms with Crippen LogP contribution in [-0.4, -0.2) is 57.1 Å². The third kappa shape index (κ3) is 9.63. The zero-order chi connectivity index (χ0) is 29.8. The van der Waals surface area contributed by atoms with E-state index in [9.17, 15) is 18.0 Å². The fourth-order valence-electron chi connectivity index (χ4n) is 4.44. The van der Waals surface area contributed by atoms with Gasteiger partial charge in [-0.05, 0) is 55.7 Å². The first-order valence-corrected chi connectivity index (χ1v) is 15.8. The van der Waals surface area contributed by atoms with E-state index in [2.05, 4.69) is 5.32 Å². The van der Waals surface area contributed by atoms with Crippen molar-refractivity contribution in [2.24, 2.45) is 0 Å². The van der Waals surface area contributed by atoms with Crippen LogP contribution < -0.4 is 14.4 Å². The van der Waals surface area contributed by atoms with Crippen LogP contribution in [0.15, 0.2) is 78.9 Å². The van der Waals surface area contributed by atoms with Crippen LogP contribution in [0.1, 0.15) is 43.4 Å². The summed E-state index contributed by atoms with van der Waals surface area (Å²) < 4.78 is 32.4. The lowest BCUT2D eigenvalue weighted by Crippen LogP contribution is -2.53. The lowest BCUT2D eigenvalue weighted by Gasteiger charge is -2.33. The molecule has 0 bridgehead atoms. The monoisotopic (exact) mass is 579 g/mol. The van der Waals surface area contributed by atoms with Crippen molar-refractivity contribution < 1.29 is 22.7 Å². The predicted molar refractivity (Wildman–Crippen MR) is 163 cm³/mol. The Morgan fingerprint density at radius 3 is 2.15 bits per heavy atom. The molecule has 3 aromatic carbocycles. The maximum absolute atomic E-state index is 14.1. The molecular weight excluding hydrogens is 538 g/mol. The number of ether oxygens (including phenoxy) is 1. The molecule has 3 rings (SSSR count). The maximum Gasteiger partial charge on any atom is 0.244 e. The Balaban J connectivity index is 2.00. The van der Waals surface area contributed by atoms with Crippen molar-refractivity contribution in [1.82, 2.24) is 10.2 Å². The molecule has 0 aliphatic rings. The molecule has 0 spiro atoms. The SMILES string of the molecule is CCCCNC(=O)C(Cc1ccccc1)N(Cc1ccc(C)cc1)C(=O)CN(c1ccc(OCC)cc1)S(C)(=O)=O. The van der Waals surface area contributed by atoms with Gasteiger partial charge in [-0.15, -0.1) is 0 Å². The van der Waals surface area contributed by atoms with Crippen molar-refractivity contribution in [3.05, 3.63) is 95.6 Å². The van der Waals surface area contributed by atoms with Crippen LogP contribution in [0.4, 0.5) is 5.69 Å². The smallest absolute Gasteiger partial charge is 0.244 e. The number of amides is 2. The number of rotatable bonds is 15. The molecule has 9 heteroatoms. The fourth-order valence-corrected chi connectivity index (χ4v) is 5.29. The van der Waals surface area contributed by atoms with Gasteiger partial charge in [-0.3, -0.25) is 13.9 Å². The quantitative estimate of drug-likeness (QED) is 0.263. The number of anilines is 1. The largest absolute Gasteiger partial charge is 0.494 e. The Labute approximate surface area is 244 Å². The number of sulfonamides is 1. The van der Waals surface area contributed by atoms with E-state index in [-0.39, 0.29) is 12.5 Å². The van der Waals surface area contributed by atoms with Gasteiger partial charge in [0.25, 0.3) is 0 Å². The highest BCUT2D eigenvalue weighted by Gasteiger charge is 2.33. The first-order valence-electron chi connectivity index (χ1n) is 14.0. The molecular formula is C32H41N3O5S. The molecule has 1 unspecified atom stereocenters. The highest BCUT2D eigenvalue weighted by atomic mass is 32.2. The van der Waals surface area contributed by atoms with Crippen LogP contribution in [0.3, 0.4) is 0 Å². The molecule has 3 aromatic rings. The first kappa shape index (κ1) is 31.7. The van der Waals surface area contributed by atoms with E-state index >= 15 is 0 Å². The summed E-state index contributed by atoms with van der Waals surface area (Å²) in [5.74, 6) is -0.144. The van der Waals surface area contributed by atoms with E-state index in [4.69, 9.17) is 4.74 Å². The molecule has 0 saturated carbocycles. The molecule has 41 heavy (non-hydrogen) atoms. The Morgan fingerprint density at radius 2 is 1.56 bits per heavy atom. The molecule has 0 fully saturated rings. The van der Waals surface area contributed by atoms with E-state index in [0.29, 0.717) is 31.0 Å². The third-order valence-corrected chi connectivity index (χ3v) is 7.83. The Bertz CT molecular complexity index is 1360. The van der Waals surface area contributed by atoms with Crippen LogP contribution in [0.25, 0.3) is 0 Å². The average molecular weight is 580 g/mol. The van der Waals surface area contributed by atoms with Crippen LogP contribution in [0.5, 0.6) is 5.75 Å². The lowest BCUT2D eigenvalue weighted by molar-refractivity contribution is -0.140. The van der Waals surface area contributed by atoms with Crippen LogP contribution in [-0.2, 0) is 32.6 Å². The van der Waals surface area contributed by atoms with Gasteiger partial charge >= 0.3 is 0 Å².